The van der Waals surface area contributed by atoms with Gasteiger partial charge >= 0.3 is 0 Å². The maximum Gasteiger partial charge on any atom is 0.231 e. The Bertz CT molecular complexity index is 827. The smallest absolute Gasteiger partial charge is 0.231 e. The number of phenolic OH excluding ortho intramolecular Hbond substituents is 1. The second-order valence-corrected chi connectivity index (χ2v) is 6.05. The molecule has 1 aromatic carbocycles. The number of Topliss-reactive ketones (excluding diaryl/α,β-unsaturated/α-hetero) is 1. The van der Waals surface area contributed by atoms with Gasteiger partial charge in [-0.15, -0.1) is 0 Å². The van der Waals surface area contributed by atoms with Crippen LogP contribution < -0.4 is 4.74 Å². The van der Waals surface area contributed by atoms with Gasteiger partial charge in [0.1, 0.15) is 11.5 Å². The Morgan fingerprint density at radius 3 is 2.84 bits per heavy atom. The molecule has 0 radical (unpaired) electrons. The first kappa shape index (κ1) is 15.8. The van der Waals surface area contributed by atoms with E-state index in [1.165, 1.54) is 0 Å². The summed E-state index contributed by atoms with van der Waals surface area (Å²) in [7, 11) is 0. The number of carbonyl (C=O) groups is 1. The van der Waals surface area contributed by atoms with E-state index < -0.39 is 0 Å². The quantitative estimate of drug-likeness (QED) is 0.866. The number of ether oxygens (including phenoxy) is 2. The summed E-state index contributed by atoms with van der Waals surface area (Å²) < 4.78 is 11.2. The van der Waals surface area contributed by atoms with Crippen molar-refractivity contribution in [1.29, 1.82) is 0 Å². The maximum atomic E-state index is 12.6. The third-order valence-electron chi connectivity index (χ3n) is 4.38. The fourth-order valence-electron chi connectivity index (χ4n) is 3.05. The molecule has 25 heavy (non-hydrogen) atoms. The number of aromatic nitrogens is 1. The van der Waals surface area contributed by atoms with Crippen molar-refractivity contribution in [3.05, 3.63) is 59.1 Å². The fourth-order valence-corrected chi connectivity index (χ4v) is 3.05. The zero-order valence-corrected chi connectivity index (χ0v) is 13.6. The van der Waals surface area contributed by atoms with Crippen molar-refractivity contribution in [3.8, 4) is 11.5 Å². The van der Waals surface area contributed by atoms with Gasteiger partial charge in [-0.1, -0.05) is 6.07 Å². The van der Waals surface area contributed by atoms with Gasteiger partial charge in [-0.25, -0.2) is 0 Å². The number of hydrogen-bond donors (Lipinski definition) is 1. The number of nitrogens with zero attached hydrogens (tertiary/aromatic N) is 2. The molecule has 0 saturated carbocycles. The lowest BCUT2D eigenvalue weighted by atomic mass is 10.0. The Kier molecular flexibility index (Phi) is 4.21. The summed E-state index contributed by atoms with van der Waals surface area (Å²) in [6.45, 7) is 3.43. The van der Waals surface area contributed by atoms with Crippen LogP contribution in [0.15, 0.2) is 42.4 Å². The molecule has 0 amide bonds. The predicted octanol–water partition coefficient (Wildman–Crippen LogP) is 2.24. The Morgan fingerprint density at radius 2 is 2.08 bits per heavy atom. The first-order valence-corrected chi connectivity index (χ1v) is 8.21. The van der Waals surface area contributed by atoms with Crippen LogP contribution in [-0.4, -0.2) is 47.1 Å². The van der Waals surface area contributed by atoms with E-state index in [-0.39, 0.29) is 17.3 Å². The number of hydrogen-bond acceptors (Lipinski definition) is 6. The van der Waals surface area contributed by atoms with Crippen molar-refractivity contribution in [2.75, 3.05) is 26.3 Å². The summed E-state index contributed by atoms with van der Waals surface area (Å²) in [5.41, 5.74) is 1.91. The van der Waals surface area contributed by atoms with Crippen LogP contribution >= 0.6 is 0 Å². The van der Waals surface area contributed by atoms with Crippen LogP contribution in [0.3, 0.4) is 0 Å². The molecule has 2 aromatic rings. The third kappa shape index (κ3) is 3.14. The number of aromatic hydroxyl groups is 1. The SMILES string of the molecule is O=C1C(=Cc2cccnc2)Oc2c1ccc(O)c2CN1CCOCC1. The van der Waals surface area contributed by atoms with Crippen molar-refractivity contribution >= 4 is 11.9 Å². The lowest BCUT2D eigenvalue weighted by Gasteiger charge is -2.27. The van der Waals surface area contributed by atoms with Crippen LogP contribution in [0.25, 0.3) is 6.08 Å². The molecule has 1 aromatic heterocycles. The fraction of sp³-hybridized carbons (Fsp3) is 0.263. The predicted molar refractivity (Wildman–Crippen MR) is 91.4 cm³/mol. The van der Waals surface area contributed by atoms with Crippen molar-refractivity contribution in [2.24, 2.45) is 0 Å². The molecule has 6 heteroatoms. The molecule has 3 heterocycles. The molecule has 2 aliphatic rings. The number of morpholine rings is 1. The van der Waals surface area contributed by atoms with Crippen LogP contribution in [0.4, 0.5) is 0 Å². The van der Waals surface area contributed by atoms with E-state index in [1.807, 2.05) is 6.07 Å². The van der Waals surface area contributed by atoms with E-state index in [4.69, 9.17) is 9.47 Å². The Hall–Kier alpha value is -2.70. The number of pyridine rings is 1. The third-order valence-corrected chi connectivity index (χ3v) is 4.38. The molecule has 0 aliphatic carbocycles. The average Bonchev–Trinajstić information content (AvgIpc) is 2.95. The molecule has 1 saturated heterocycles. The van der Waals surface area contributed by atoms with Gasteiger partial charge < -0.3 is 14.6 Å². The molecular weight excluding hydrogens is 320 g/mol. The zero-order valence-electron chi connectivity index (χ0n) is 13.6. The van der Waals surface area contributed by atoms with Crippen LogP contribution in [-0.2, 0) is 11.3 Å². The van der Waals surface area contributed by atoms with Crippen molar-refractivity contribution in [3.63, 3.8) is 0 Å². The summed E-state index contributed by atoms with van der Waals surface area (Å²) in [5.74, 6) is 0.659. The van der Waals surface area contributed by atoms with Crippen LogP contribution in [0.2, 0.25) is 0 Å². The lowest BCUT2D eigenvalue weighted by molar-refractivity contribution is 0.0336. The van der Waals surface area contributed by atoms with Crippen LogP contribution in [0, 0.1) is 0 Å². The highest BCUT2D eigenvalue weighted by atomic mass is 16.5. The standard InChI is InChI=1S/C19H18N2O4/c22-16-4-3-14-18(23)17(10-13-2-1-5-20-11-13)25-19(14)15(16)12-21-6-8-24-9-7-21/h1-5,10-11,22H,6-9,12H2. The monoisotopic (exact) mass is 338 g/mol. The number of ketones is 1. The second-order valence-electron chi connectivity index (χ2n) is 6.05. The molecule has 2 aliphatic heterocycles. The molecule has 0 spiro atoms. The molecule has 1 N–H and O–H groups in total. The van der Waals surface area contributed by atoms with Gasteiger partial charge in [0, 0.05) is 32.0 Å². The molecule has 6 nitrogen and oxygen atoms in total. The summed E-state index contributed by atoms with van der Waals surface area (Å²) in [6, 6.07) is 6.82. The first-order valence-electron chi connectivity index (χ1n) is 8.21. The number of phenols is 1. The molecular formula is C19H18N2O4. The second kappa shape index (κ2) is 6.66. The molecule has 1 fully saturated rings. The van der Waals surface area contributed by atoms with E-state index in [0.717, 1.165) is 18.7 Å². The summed E-state index contributed by atoms with van der Waals surface area (Å²) in [4.78, 5) is 18.8. The number of rotatable bonds is 3. The van der Waals surface area contributed by atoms with Gasteiger partial charge in [-0.05, 0) is 29.8 Å². The number of benzene rings is 1. The number of allylic oxidation sites excluding steroid dienone is 1. The van der Waals surface area contributed by atoms with Crippen LogP contribution in [0.5, 0.6) is 11.5 Å². The molecule has 0 atom stereocenters. The van der Waals surface area contributed by atoms with E-state index in [9.17, 15) is 9.90 Å². The maximum absolute atomic E-state index is 12.6. The van der Waals surface area contributed by atoms with Gasteiger partial charge in [-0.2, -0.15) is 0 Å². The van der Waals surface area contributed by atoms with E-state index in [1.54, 1.807) is 36.7 Å². The highest BCUT2D eigenvalue weighted by Crippen LogP contribution is 2.40. The van der Waals surface area contributed by atoms with Gasteiger partial charge in [0.2, 0.25) is 5.78 Å². The minimum Gasteiger partial charge on any atom is -0.507 e. The number of fused-ring (bicyclic) bond motifs is 1. The lowest BCUT2D eigenvalue weighted by Crippen LogP contribution is -2.35. The van der Waals surface area contributed by atoms with Gasteiger partial charge in [0.25, 0.3) is 0 Å². The van der Waals surface area contributed by atoms with Gasteiger partial charge in [0.05, 0.1) is 24.3 Å². The normalized spacial score (nSPS) is 19.0. The Labute approximate surface area is 145 Å². The van der Waals surface area contributed by atoms with E-state index >= 15 is 0 Å². The minimum atomic E-state index is -0.179. The molecule has 0 unspecified atom stereocenters. The molecule has 0 bridgehead atoms. The summed E-state index contributed by atoms with van der Waals surface area (Å²) >= 11 is 0. The Balaban J connectivity index is 1.66. The van der Waals surface area contributed by atoms with Crippen molar-refractivity contribution < 1.29 is 19.4 Å². The van der Waals surface area contributed by atoms with Crippen molar-refractivity contribution in [1.82, 2.24) is 9.88 Å². The first-order chi connectivity index (χ1) is 12.2. The molecule has 128 valence electrons. The number of carbonyl (C=O) groups excluding carboxylic acids is 1. The van der Waals surface area contributed by atoms with Crippen LogP contribution in [0.1, 0.15) is 21.5 Å². The highest BCUT2D eigenvalue weighted by molar-refractivity contribution is 6.14. The van der Waals surface area contributed by atoms with E-state index in [0.29, 0.717) is 36.6 Å². The molecule has 4 rings (SSSR count). The summed E-state index contributed by atoms with van der Waals surface area (Å²) in [5, 5.41) is 10.3. The average molecular weight is 338 g/mol. The zero-order chi connectivity index (χ0) is 17.2. The summed E-state index contributed by atoms with van der Waals surface area (Å²) in [6.07, 6.45) is 5.01. The van der Waals surface area contributed by atoms with Crippen molar-refractivity contribution in [2.45, 2.75) is 6.54 Å². The minimum absolute atomic E-state index is 0.140. The largest absolute Gasteiger partial charge is 0.507 e. The van der Waals surface area contributed by atoms with Gasteiger partial charge in [0.15, 0.2) is 5.76 Å². The Morgan fingerprint density at radius 1 is 1.24 bits per heavy atom. The topological polar surface area (TPSA) is 71.9 Å². The van der Waals surface area contributed by atoms with E-state index in [2.05, 4.69) is 9.88 Å². The highest BCUT2D eigenvalue weighted by Gasteiger charge is 2.31. The van der Waals surface area contributed by atoms with Gasteiger partial charge in [-0.3, -0.25) is 14.7 Å².